The van der Waals surface area contributed by atoms with E-state index in [4.69, 9.17) is 4.98 Å². The maximum atomic E-state index is 4.75. The van der Waals surface area contributed by atoms with Gasteiger partial charge in [-0.25, -0.2) is 4.98 Å². The fourth-order valence-electron chi connectivity index (χ4n) is 3.04. The van der Waals surface area contributed by atoms with E-state index in [1.54, 1.807) is 0 Å². The van der Waals surface area contributed by atoms with Gasteiger partial charge in [0.1, 0.15) is 5.82 Å². The normalized spacial score (nSPS) is 18.8. The molecule has 0 radical (unpaired) electrons. The van der Waals surface area contributed by atoms with Crippen LogP contribution in [0.15, 0.2) is 36.4 Å². The van der Waals surface area contributed by atoms with Crippen molar-refractivity contribution in [3.8, 4) is 0 Å². The lowest BCUT2D eigenvalue weighted by molar-refractivity contribution is 0.435. The Balaban J connectivity index is 1.66. The zero-order valence-electron chi connectivity index (χ0n) is 12.2. The fourth-order valence-corrected chi connectivity index (χ4v) is 3.04. The molecule has 0 bridgehead atoms. The number of fused-ring (bicyclic) bond motifs is 1. The number of para-hydroxylation sites is 2. The fraction of sp³-hybridized carbons (Fsp3) is 0.471. The van der Waals surface area contributed by atoms with Gasteiger partial charge in [-0.05, 0) is 50.8 Å². The van der Waals surface area contributed by atoms with Crippen LogP contribution in [-0.2, 0) is 13.1 Å². The molecule has 1 aromatic carbocycles. The molecule has 3 nitrogen and oxygen atoms in total. The summed E-state index contributed by atoms with van der Waals surface area (Å²) in [5.74, 6) is 1.94. The Bertz CT molecular complexity index is 597. The van der Waals surface area contributed by atoms with Crippen LogP contribution in [0.25, 0.3) is 11.0 Å². The molecule has 106 valence electrons. The maximum absolute atomic E-state index is 4.75. The Labute approximate surface area is 120 Å². The number of benzene rings is 1. The summed E-state index contributed by atoms with van der Waals surface area (Å²) in [5, 5.41) is 3.59. The van der Waals surface area contributed by atoms with Crippen LogP contribution in [0.5, 0.6) is 0 Å². The van der Waals surface area contributed by atoms with E-state index < -0.39 is 0 Å². The third-order valence-electron chi connectivity index (χ3n) is 4.14. The highest BCUT2D eigenvalue weighted by Gasteiger charge is 2.11. The number of aromatic nitrogens is 2. The molecule has 20 heavy (non-hydrogen) atoms. The summed E-state index contributed by atoms with van der Waals surface area (Å²) < 4.78 is 2.31. The Morgan fingerprint density at radius 3 is 3.00 bits per heavy atom. The van der Waals surface area contributed by atoms with Gasteiger partial charge in [0.25, 0.3) is 0 Å². The van der Waals surface area contributed by atoms with Gasteiger partial charge in [-0.2, -0.15) is 0 Å². The SMILES string of the molecule is CCn1c(CNCC2CC=CCC2)nc2ccccc21. The molecule has 3 heteroatoms. The lowest BCUT2D eigenvalue weighted by Crippen LogP contribution is -2.24. The summed E-state index contributed by atoms with van der Waals surface area (Å²) in [6, 6.07) is 8.39. The molecule has 1 atom stereocenters. The van der Waals surface area contributed by atoms with Crippen molar-refractivity contribution in [2.24, 2.45) is 5.92 Å². The van der Waals surface area contributed by atoms with Gasteiger partial charge in [0.2, 0.25) is 0 Å². The average molecular weight is 269 g/mol. The van der Waals surface area contributed by atoms with Crippen LogP contribution in [0, 0.1) is 5.92 Å². The molecule has 3 rings (SSSR count). The standard InChI is InChI=1S/C17H23N3/c1-2-20-16-11-7-6-10-15(16)19-17(20)13-18-12-14-8-4-3-5-9-14/h3-4,6-7,10-11,14,18H,2,5,8-9,12-13H2,1H3. The van der Waals surface area contributed by atoms with E-state index in [9.17, 15) is 0 Å². The van der Waals surface area contributed by atoms with Crippen LogP contribution >= 0.6 is 0 Å². The predicted octanol–water partition coefficient (Wildman–Crippen LogP) is 3.50. The van der Waals surface area contributed by atoms with E-state index >= 15 is 0 Å². The second kappa shape index (κ2) is 6.23. The molecular weight excluding hydrogens is 246 g/mol. The molecule has 1 aliphatic rings. The average Bonchev–Trinajstić information content (AvgIpc) is 2.86. The van der Waals surface area contributed by atoms with Crippen molar-refractivity contribution >= 4 is 11.0 Å². The van der Waals surface area contributed by atoms with Crippen molar-refractivity contribution < 1.29 is 0 Å². The number of hydrogen-bond acceptors (Lipinski definition) is 2. The molecule has 0 aliphatic heterocycles. The molecule has 2 aromatic rings. The lowest BCUT2D eigenvalue weighted by Gasteiger charge is -2.18. The maximum Gasteiger partial charge on any atom is 0.123 e. The van der Waals surface area contributed by atoms with Crippen LogP contribution < -0.4 is 5.32 Å². The minimum Gasteiger partial charge on any atom is -0.327 e. The van der Waals surface area contributed by atoms with Gasteiger partial charge in [0.15, 0.2) is 0 Å². The monoisotopic (exact) mass is 269 g/mol. The van der Waals surface area contributed by atoms with E-state index in [0.29, 0.717) is 0 Å². The third-order valence-corrected chi connectivity index (χ3v) is 4.14. The topological polar surface area (TPSA) is 29.9 Å². The van der Waals surface area contributed by atoms with Gasteiger partial charge in [0.05, 0.1) is 17.6 Å². The number of allylic oxidation sites excluding steroid dienone is 2. The van der Waals surface area contributed by atoms with Crippen LogP contribution in [0.4, 0.5) is 0 Å². The van der Waals surface area contributed by atoms with E-state index in [2.05, 4.69) is 53.2 Å². The molecule has 1 aromatic heterocycles. The highest BCUT2D eigenvalue weighted by Crippen LogP contribution is 2.18. The summed E-state index contributed by atoms with van der Waals surface area (Å²) in [4.78, 5) is 4.75. The van der Waals surface area contributed by atoms with E-state index in [0.717, 1.165) is 36.9 Å². The molecule has 0 saturated carbocycles. The quantitative estimate of drug-likeness (QED) is 0.842. The first-order chi connectivity index (χ1) is 9.88. The highest BCUT2D eigenvalue weighted by molar-refractivity contribution is 5.75. The zero-order chi connectivity index (χ0) is 13.8. The number of imidazole rings is 1. The van der Waals surface area contributed by atoms with Gasteiger partial charge in [-0.3, -0.25) is 0 Å². The second-order valence-corrected chi connectivity index (χ2v) is 5.54. The summed E-state index contributed by atoms with van der Waals surface area (Å²) in [5.41, 5.74) is 2.35. The van der Waals surface area contributed by atoms with Gasteiger partial charge in [-0.1, -0.05) is 24.3 Å². The Hall–Kier alpha value is -1.61. The molecule has 0 saturated heterocycles. The lowest BCUT2D eigenvalue weighted by atomic mass is 9.94. The summed E-state index contributed by atoms with van der Waals surface area (Å²) in [6.45, 7) is 5.12. The minimum absolute atomic E-state index is 0.791. The van der Waals surface area contributed by atoms with Crippen LogP contribution in [0.1, 0.15) is 32.0 Å². The molecule has 0 amide bonds. The van der Waals surface area contributed by atoms with Crippen LogP contribution in [0.3, 0.4) is 0 Å². The van der Waals surface area contributed by atoms with E-state index in [1.165, 1.54) is 24.8 Å². The first-order valence-electron chi connectivity index (χ1n) is 7.68. The Morgan fingerprint density at radius 1 is 1.30 bits per heavy atom. The molecule has 1 unspecified atom stereocenters. The van der Waals surface area contributed by atoms with E-state index in [-0.39, 0.29) is 0 Å². The number of nitrogens with zero attached hydrogens (tertiary/aromatic N) is 2. The number of rotatable bonds is 5. The number of nitrogens with one attached hydrogen (secondary N) is 1. The Kier molecular flexibility index (Phi) is 4.16. The molecule has 1 heterocycles. The van der Waals surface area contributed by atoms with Gasteiger partial charge in [0, 0.05) is 6.54 Å². The van der Waals surface area contributed by atoms with Crippen molar-refractivity contribution in [1.82, 2.24) is 14.9 Å². The van der Waals surface area contributed by atoms with Crippen LogP contribution in [-0.4, -0.2) is 16.1 Å². The van der Waals surface area contributed by atoms with Gasteiger partial charge >= 0.3 is 0 Å². The Morgan fingerprint density at radius 2 is 2.20 bits per heavy atom. The minimum atomic E-state index is 0.791. The number of aryl methyl sites for hydroxylation is 1. The van der Waals surface area contributed by atoms with Crippen molar-refractivity contribution in [3.63, 3.8) is 0 Å². The van der Waals surface area contributed by atoms with Crippen molar-refractivity contribution in [2.45, 2.75) is 39.3 Å². The first kappa shape index (κ1) is 13.4. The molecule has 1 N–H and O–H groups in total. The molecular formula is C17H23N3. The number of hydrogen-bond donors (Lipinski definition) is 1. The second-order valence-electron chi connectivity index (χ2n) is 5.54. The largest absolute Gasteiger partial charge is 0.327 e. The summed E-state index contributed by atoms with van der Waals surface area (Å²) in [6.07, 6.45) is 8.38. The predicted molar refractivity (Wildman–Crippen MR) is 83.6 cm³/mol. The molecule has 0 fully saturated rings. The van der Waals surface area contributed by atoms with Gasteiger partial charge < -0.3 is 9.88 Å². The summed E-state index contributed by atoms with van der Waals surface area (Å²) in [7, 11) is 0. The molecule has 1 aliphatic carbocycles. The van der Waals surface area contributed by atoms with E-state index in [1.807, 2.05) is 0 Å². The zero-order valence-corrected chi connectivity index (χ0v) is 12.2. The van der Waals surface area contributed by atoms with Crippen LogP contribution in [0.2, 0.25) is 0 Å². The van der Waals surface area contributed by atoms with Crippen molar-refractivity contribution in [2.75, 3.05) is 6.54 Å². The third kappa shape index (κ3) is 2.78. The first-order valence-corrected chi connectivity index (χ1v) is 7.68. The highest BCUT2D eigenvalue weighted by atomic mass is 15.1. The molecule has 0 spiro atoms. The smallest absolute Gasteiger partial charge is 0.123 e. The van der Waals surface area contributed by atoms with Gasteiger partial charge in [-0.15, -0.1) is 0 Å². The van der Waals surface area contributed by atoms with Crippen molar-refractivity contribution in [1.29, 1.82) is 0 Å². The summed E-state index contributed by atoms with van der Waals surface area (Å²) >= 11 is 0. The van der Waals surface area contributed by atoms with Crippen molar-refractivity contribution in [3.05, 3.63) is 42.2 Å².